The molecule has 0 saturated heterocycles. The van der Waals surface area contributed by atoms with Gasteiger partial charge in [0.2, 0.25) is 16.7 Å². The van der Waals surface area contributed by atoms with Crippen LogP contribution in [0.15, 0.2) is 69.4 Å². The number of aryl methyl sites for hydroxylation is 3. The van der Waals surface area contributed by atoms with Gasteiger partial charge in [0.05, 0.1) is 23.8 Å². The van der Waals surface area contributed by atoms with E-state index in [-0.39, 0.29) is 33.6 Å². The monoisotopic (exact) mass is 556 g/mol. The number of carboxylic acids is 1. The van der Waals surface area contributed by atoms with E-state index in [0.717, 1.165) is 6.42 Å². The van der Waals surface area contributed by atoms with Crippen molar-refractivity contribution in [2.75, 3.05) is 13.7 Å². The lowest BCUT2D eigenvalue weighted by Crippen LogP contribution is -2.28. The maximum absolute atomic E-state index is 11.8. The minimum atomic E-state index is -1.03. The number of methoxy groups -OCH3 is 1. The summed E-state index contributed by atoms with van der Waals surface area (Å²) in [6, 6.07) is 8.22. The highest BCUT2D eigenvalue weighted by Gasteiger charge is 2.11. The molecule has 0 radical (unpaired) electrons. The van der Waals surface area contributed by atoms with Crippen molar-refractivity contribution in [2.24, 2.45) is 26.6 Å². The van der Waals surface area contributed by atoms with Crippen LogP contribution in [0.2, 0.25) is 0 Å². The number of aromatic carboxylic acids is 1. The molecule has 0 spiro atoms. The van der Waals surface area contributed by atoms with Crippen LogP contribution in [0.4, 0.5) is 0 Å². The molecule has 12 heteroatoms. The van der Waals surface area contributed by atoms with E-state index in [1.807, 2.05) is 0 Å². The van der Waals surface area contributed by atoms with Gasteiger partial charge in [0, 0.05) is 64.5 Å². The van der Waals surface area contributed by atoms with Gasteiger partial charge >= 0.3 is 11.9 Å². The van der Waals surface area contributed by atoms with Gasteiger partial charge in [-0.05, 0) is 30.0 Å². The first-order valence-corrected chi connectivity index (χ1v) is 12.2. The van der Waals surface area contributed by atoms with E-state index < -0.39 is 11.9 Å². The Hall–Kier alpha value is -4.74. The van der Waals surface area contributed by atoms with Crippen molar-refractivity contribution < 1.29 is 24.2 Å². The van der Waals surface area contributed by atoms with Gasteiger partial charge in [0.1, 0.15) is 0 Å². The van der Waals surface area contributed by atoms with E-state index in [4.69, 9.17) is 5.11 Å². The summed E-state index contributed by atoms with van der Waals surface area (Å²) in [5.41, 5.74) is 0.734. The second-order valence-electron chi connectivity index (χ2n) is 9.96. The van der Waals surface area contributed by atoms with Crippen molar-refractivity contribution in [3.63, 3.8) is 0 Å². The van der Waals surface area contributed by atoms with Gasteiger partial charge in [-0.3, -0.25) is 19.2 Å². The van der Waals surface area contributed by atoms with Crippen molar-refractivity contribution in [3.05, 3.63) is 103 Å². The Balaban J connectivity index is 0.000000309. The van der Waals surface area contributed by atoms with Crippen molar-refractivity contribution in [2.45, 2.75) is 27.2 Å². The van der Waals surface area contributed by atoms with Crippen molar-refractivity contribution in [1.29, 1.82) is 0 Å². The summed E-state index contributed by atoms with van der Waals surface area (Å²) in [5, 5.41) is 11.3. The summed E-state index contributed by atoms with van der Waals surface area (Å²) in [4.78, 5) is 65.9. The molecule has 1 amide bonds. The molecule has 0 aromatic carbocycles. The molecule has 0 atom stereocenters. The number of pyridine rings is 3. The van der Waals surface area contributed by atoms with Gasteiger partial charge in [-0.1, -0.05) is 20.8 Å². The molecule has 0 unspecified atom stereocenters. The largest absolute Gasteiger partial charge is 0.478 e. The summed E-state index contributed by atoms with van der Waals surface area (Å²) in [5.74, 6) is -1.60. The van der Waals surface area contributed by atoms with Crippen LogP contribution in [0, 0.1) is 5.41 Å². The molecule has 0 bridgehead atoms. The number of carboxylic acid groups (broad SMARTS) is 1. The highest BCUT2D eigenvalue weighted by Crippen LogP contribution is 2.17. The highest BCUT2D eigenvalue weighted by molar-refractivity contribution is 5.93. The van der Waals surface area contributed by atoms with Crippen LogP contribution in [0.3, 0.4) is 0 Å². The average Bonchev–Trinajstić information content (AvgIpc) is 2.88. The number of carbonyl (C=O) groups is 3. The number of aromatic nitrogens is 3. The summed E-state index contributed by atoms with van der Waals surface area (Å²) >= 11 is 0. The Morgan fingerprint density at radius 1 is 0.750 bits per heavy atom. The van der Waals surface area contributed by atoms with Gasteiger partial charge in [0.15, 0.2) is 0 Å². The number of carbonyl (C=O) groups excluding carboxylic acids is 2. The van der Waals surface area contributed by atoms with Gasteiger partial charge in [0.25, 0.3) is 5.91 Å². The third-order valence-corrected chi connectivity index (χ3v) is 5.35. The second kappa shape index (κ2) is 15.0. The number of nitrogens with one attached hydrogen (secondary N) is 1. The van der Waals surface area contributed by atoms with Crippen molar-refractivity contribution in [1.82, 2.24) is 19.0 Å². The Bertz CT molecular complexity index is 1510. The lowest BCUT2D eigenvalue weighted by molar-refractivity contribution is 0.0598. The average molecular weight is 557 g/mol. The molecule has 12 nitrogen and oxygen atoms in total. The topological polar surface area (TPSA) is 159 Å². The van der Waals surface area contributed by atoms with Crippen LogP contribution in [-0.4, -0.2) is 50.3 Å². The molecule has 40 heavy (non-hydrogen) atoms. The molecule has 0 aliphatic heterocycles. The number of esters is 1. The molecular weight excluding hydrogens is 520 g/mol. The van der Waals surface area contributed by atoms with Gasteiger partial charge in [-0.2, -0.15) is 0 Å². The fraction of sp³-hybridized carbons (Fsp3) is 0.357. The number of ether oxygens (including phenoxy) is 1. The quantitative estimate of drug-likeness (QED) is 0.450. The van der Waals surface area contributed by atoms with E-state index in [2.05, 4.69) is 30.8 Å². The van der Waals surface area contributed by atoms with Crippen LogP contribution in [0.1, 0.15) is 58.3 Å². The van der Waals surface area contributed by atoms with E-state index in [9.17, 15) is 28.8 Å². The maximum Gasteiger partial charge on any atom is 0.339 e. The summed E-state index contributed by atoms with van der Waals surface area (Å²) in [6.07, 6.45) is 5.19. The summed E-state index contributed by atoms with van der Waals surface area (Å²) in [6.45, 7) is 7.04. The fourth-order valence-corrected chi connectivity index (χ4v) is 2.93. The lowest BCUT2D eigenvalue weighted by Gasteiger charge is -2.18. The van der Waals surface area contributed by atoms with Crippen LogP contribution in [-0.2, 0) is 25.9 Å². The smallest absolute Gasteiger partial charge is 0.339 e. The third kappa shape index (κ3) is 11.3. The summed E-state index contributed by atoms with van der Waals surface area (Å²) in [7, 11) is 6.02. The minimum absolute atomic E-state index is 0.115. The van der Waals surface area contributed by atoms with Crippen LogP contribution in [0.5, 0.6) is 0 Å². The standard InChI is InChI=1S/C13H20N2O2.C8H9NO3.C7H7NO3/c1-13(2,3)7-8-14-12(17)10-5-6-11(16)15(4)9-10;1-9-5-6(8(11)12-2)3-4-7(9)10;1-8-4-5(7(10)11)2-3-6(8)9/h5-6,9H,7-8H2,1-4H3,(H,14,17);3-5H,1-2H3;2-4H,1H3,(H,10,11). The zero-order valence-corrected chi connectivity index (χ0v) is 23.8. The fourth-order valence-electron chi connectivity index (χ4n) is 2.93. The Kier molecular flexibility index (Phi) is 12.5. The lowest BCUT2D eigenvalue weighted by atomic mass is 9.92. The first-order valence-electron chi connectivity index (χ1n) is 12.2. The predicted molar refractivity (Wildman–Crippen MR) is 150 cm³/mol. The molecule has 2 N–H and O–H groups in total. The number of hydrogen-bond donors (Lipinski definition) is 2. The molecule has 0 aliphatic carbocycles. The summed E-state index contributed by atoms with van der Waals surface area (Å²) < 4.78 is 8.43. The molecule has 3 rings (SSSR count). The molecule has 3 heterocycles. The highest BCUT2D eigenvalue weighted by atomic mass is 16.5. The SMILES string of the molecule is COC(=O)c1ccc(=O)n(C)c1.Cn1cc(C(=O)NCCC(C)(C)C)ccc1=O.Cn1cc(C(=O)O)ccc1=O. The van der Waals surface area contributed by atoms with Crippen LogP contribution >= 0.6 is 0 Å². The normalized spacial score (nSPS) is 10.3. The first kappa shape index (κ1) is 33.3. The van der Waals surface area contributed by atoms with Crippen molar-refractivity contribution >= 4 is 17.8 Å². The molecular formula is C28H36N4O8. The second-order valence-corrected chi connectivity index (χ2v) is 9.96. The maximum atomic E-state index is 11.8. The Labute approximate surface area is 231 Å². The van der Waals surface area contributed by atoms with E-state index in [1.54, 1.807) is 26.4 Å². The van der Waals surface area contributed by atoms with E-state index in [1.165, 1.54) is 70.6 Å². The third-order valence-electron chi connectivity index (χ3n) is 5.35. The minimum Gasteiger partial charge on any atom is -0.478 e. The number of amides is 1. The zero-order valence-electron chi connectivity index (χ0n) is 23.8. The molecule has 3 aromatic heterocycles. The molecule has 0 fully saturated rings. The number of hydrogen-bond acceptors (Lipinski definition) is 7. The predicted octanol–water partition coefficient (Wildman–Crippen LogP) is 1.81. The Morgan fingerprint density at radius 2 is 1.15 bits per heavy atom. The van der Waals surface area contributed by atoms with Gasteiger partial charge in [-0.25, -0.2) is 9.59 Å². The van der Waals surface area contributed by atoms with Crippen molar-refractivity contribution in [3.8, 4) is 0 Å². The number of nitrogens with zero attached hydrogens (tertiary/aromatic N) is 3. The number of rotatable bonds is 5. The first-order chi connectivity index (χ1) is 18.5. The molecule has 0 saturated carbocycles. The molecule has 3 aromatic rings. The molecule has 0 aliphatic rings. The van der Waals surface area contributed by atoms with Gasteiger partial charge in [-0.15, -0.1) is 0 Å². The van der Waals surface area contributed by atoms with Crippen LogP contribution in [0.25, 0.3) is 0 Å². The van der Waals surface area contributed by atoms with E-state index in [0.29, 0.717) is 17.7 Å². The van der Waals surface area contributed by atoms with Gasteiger partial charge < -0.3 is 28.9 Å². The van der Waals surface area contributed by atoms with E-state index >= 15 is 0 Å². The van der Waals surface area contributed by atoms with Crippen LogP contribution < -0.4 is 22.0 Å². The zero-order chi connectivity index (χ0) is 30.6. The molecule has 216 valence electrons. The Morgan fingerprint density at radius 3 is 1.55 bits per heavy atom.